The van der Waals surface area contributed by atoms with Gasteiger partial charge in [-0.1, -0.05) is 6.92 Å². The maximum absolute atomic E-state index is 12.3. The van der Waals surface area contributed by atoms with Gasteiger partial charge >= 0.3 is 0 Å². The predicted molar refractivity (Wildman–Crippen MR) is 114 cm³/mol. The fourth-order valence-corrected chi connectivity index (χ4v) is 4.57. The second-order valence-corrected chi connectivity index (χ2v) is 8.77. The highest BCUT2D eigenvalue weighted by molar-refractivity contribution is 14.0. The van der Waals surface area contributed by atoms with Crippen molar-refractivity contribution in [1.82, 2.24) is 15.5 Å². The van der Waals surface area contributed by atoms with E-state index in [1.807, 2.05) is 16.7 Å². The van der Waals surface area contributed by atoms with Crippen molar-refractivity contribution in [2.45, 2.75) is 50.7 Å². The number of amides is 1. The zero-order valence-electron chi connectivity index (χ0n) is 15.3. The minimum absolute atomic E-state index is 0. The Bertz CT molecular complexity index is 427. The Morgan fingerprint density at radius 2 is 2.17 bits per heavy atom. The monoisotopic (exact) mass is 468 g/mol. The first-order valence-corrected chi connectivity index (χ1v) is 9.87. The summed E-state index contributed by atoms with van der Waals surface area (Å²) in [4.78, 5) is 18.5. The van der Waals surface area contributed by atoms with Crippen LogP contribution in [-0.2, 0) is 4.79 Å². The average Bonchev–Trinajstić information content (AvgIpc) is 2.97. The number of halogens is 1. The molecule has 2 fully saturated rings. The standard InChI is InChI=1S/C17H32N4OS.HI/c1-14-6-4-10-21(12-14)15(22)7-9-19-16(18-3)20-13-17(2)8-5-11-23-17;/h14H,4-13H2,1-3H3,(H2,18,19,20);1H. The smallest absolute Gasteiger partial charge is 0.224 e. The highest BCUT2D eigenvalue weighted by Gasteiger charge is 2.29. The van der Waals surface area contributed by atoms with Crippen molar-refractivity contribution in [3.8, 4) is 0 Å². The number of likely N-dealkylation sites (tertiary alicyclic amines) is 1. The molecule has 0 spiro atoms. The molecule has 0 saturated carbocycles. The molecule has 0 radical (unpaired) electrons. The third kappa shape index (κ3) is 6.98. The highest BCUT2D eigenvalue weighted by atomic mass is 127. The Labute approximate surface area is 168 Å². The fourth-order valence-electron chi connectivity index (χ4n) is 3.33. The maximum Gasteiger partial charge on any atom is 0.224 e. The van der Waals surface area contributed by atoms with Crippen LogP contribution in [0.4, 0.5) is 0 Å². The predicted octanol–water partition coefficient (Wildman–Crippen LogP) is 2.70. The van der Waals surface area contributed by atoms with Crippen LogP contribution in [0.15, 0.2) is 4.99 Å². The van der Waals surface area contributed by atoms with Crippen LogP contribution in [-0.4, -0.2) is 60.5 Å². The molecule has 7 heteroatoms. The Kier molecular flexibility index (Phi) is 9.77. The minimum Gasteiger partial charge on any atom is -0.356 e. The van der Waals surface area contributed by atoms with E-state index in [0.29, 0.717) is 23.6 Å². The molecule has 0 aliphatic carbocycles. The summed E-state index contributed by atoms with van der Waals surface area (Å²) in [6, 6.07) is 0. The van der Waals surface area contributed by atoms with Gasteiger partial charge in [-0.2, -0.15) is 11.8 Å². The quantitative estimate of drug-likeness (QED) is 0.370. The van der Waals surface area contributed by atoms with Gasteiger partial charge in [-0.25, -0.2) is 0 Å². The molecule has 2 aliphatic heterocycles. The van der Waals surface area contributed by atoms with Crippen molar-refractivity contribution in [1.29, 1.82) is 0 Å². The summed E-state index contributed by atoms with van der Waals surface area (Å²) >= 11 is 2.04. The first-order chi connectivity index (χ1) is 11.0. The first kappa shape index (κ1) is 21.9. The molecule has 2 saturated heterocycles. The van der Waals surface area contributed by atoms with Crippen molar-refractivity contribution in [2.24, 2.45) is 10.9 Å². The Morgan fingerprint density at radius 3 is 2.79 bits per heavy atom. The van der Waals surface area contributed by atoms with Crippen molar-refractivity contribution in [3.63, 3.8) is 0 Å². The Morgan fingerprint density at radius 1 is 1.38 bits per heavy atom. The second-order valence-electron chi connectivity index (χ2n) is 7.09. The lowest BCUT2D eigenvalue weighted by molar-refractivity contribution is -0.132. The Hall–Kier alpha value is -0.180. The third-order valence-corrected chi connectivity index (χ3v) is 6.33. The van der Waals surface area contributed by atoms with Gasteiger partial charge in [0.25, 0.3) is 0 Å². The van der Waals surface area contributed by atoms with Crippen LogP contribution in [0, 0.1) is 5.92 Å². The van der Waals surface area contributed by atoms with Gasteiger partial charge in [-0.15, -0.1) is 24.0 Å². The maximum atomic E-state index is 12.3. The van der Waals surface area contributed by atoms with Crippen molar-refractivity contribution < 1.29 is 4.79 Å². The largest absolute Gasteiger partial charge is 0.356 e. The minimum atomic E-state index is 0. The number of hydrogen-bond acceptors (Lipinski definition) is 3. The van der Waals surface area contributed by atoms with Crippen LogP contribution >= 0.6 is 35.7 Å². The molecule has 2 aliphatic rings. The van der Waals surface area contributed by atoms with Gasteiger partial charge in [0, 0.05) is 44.4 Å². The molecule has 0 bridgehead atoms. The summed E-state index contributed by atoms with van der Waals surface area (Å²) < 4.78 is 0.317. The molecule has 2 unspecified atom stereocenters. The van der Waals surface area contributed by atoms with Crippen molar-refractivity contribution >= 4 is 47.6 Å². The van der Waals surface area contributed by atoms with Crippen LogP contribution < -0.4 is 10.6 Å². The summed E-state index contributed by atoms with van der Waals surface area (Å²) in [6.45, 7) is 7.95. The molecule has 24 heavy (non-hydrogen) atoms. The normalized spacial score (nSPS) is 27.5. The topological polar surface area (TPSA) is 56.7 Å². The Balaban J connectivity index is 0.00000288. The fraction of sp³-hybridized carbons (Fsp3) is 0.882. The van der Waals surface area contributed by atoms with E-state index in [1.165, 1.54) is 25.0 Å². The van der Waals surface area contributed by atoms with E-state index in [2.05, 4.69) is 29.5 Å². The molecule has 2 N–H and O–H groups in total. The summed E-state index contributed by atoms with van der Waals surface area (Å²) in [6.07, 6.45) is 5.49. The molecule has 2 heterocycles. The zero-order chi connectivity index (χ0) is 16.7. The second kappa shape index (κ2) is 10.7. The van der Waals surface area contributed by atoms with Crippen molar-refractivity contribution in [3.05, 3.63) is 0 Å². The molecule has 140 valence electrons. The molecule has 1 amide bonds. The van der Waals surface area contributed by atoms with Crippen molar-refractivity contribution in [2.75, 3.05) is 39.0 Å². The lowest BCUT2D eigenvalue weighted by atomic mass is 10.00. The van der Waals surface area contributed by atoms with Gasteiger partial charge in [0.2, 0.25) is 5.91 Å². The van der Waals surface area contributed by atoms with Crippen LogP contribution in [0.5, 0.6) is 0 Å². The number of piperidine rings is 1. The first-order valence-electron chi connectivity index (χ1n) is 8.89. The average molecular weight is 468 g/mol. The lowest BCUT2D eigenvalue weighted by Crippen LogP contribution is -2.45. The third-order valence-electron chi connectivity index (χ3n) is 4.79. The SMILES string of the molecule is CN=C(NCCC(=O)N1CCCC(C)C1)NCC1(C)CCCS1.I. The van der Waals surface area contributed by atoms with E-state index in [4.69, 9.17) is 0 Å². The van der Waals surface area contributed by atoms with Gasteiger partial charge in [-0.05, 0) is 44.3 Å². The number of nitrogens with one attached hydrogen (secondary N) is 2. The highest BCUT2D eigenvalue weighted by Crippen LogP contribution is 2.36. The molecule has 0 aromatic rings. The van der Waals surface area contributed by atoms with E-state index in [9.17, 15) is 4.79 Å². The van der Waals surface area contributed by atoms with Gasteiger partial charge in [0.15, 0.2) is 5.96 Å². The molecular formula is C17H33IN4OS. The lowest BCUT2D eigenvalue weighted by Gasteiger charge is -2.31. The number of carbonyl (C=O) groups is 1. The number of aliphatic imine (C=N–C) groups is 1. The number of nitrogens with zero attached hydrogens (tertiary/aromatic N) is 2. The van der Waals surface area contributed by atoms with E-state index in [0.717, 1.165) is 32.0 Å². The number of thioether (sulfide) groups is 1. The van der Waals surface area contributed by atoms with Crippen LogP contribution in [0.1, 0.15) is 46.0 Å². The molecule has 5 nitrogen and oxygen atoms in total. The summed E-state index contributed by atoms with van der Waals surface area (Å²) in [7, 11) is 1.79. The number of hydrogen-bond donors (Lipinski definition) is 2. The van der Waals surface area contributed by atoms with Crippen LogP contribution in [0.2, 0.25) is 0 Å². The van der Waals surface area contributed by atoms with E-state index >= 15 is 0 Å². The van der Waals surface area contributed by atoms with Gasteiger partial charge in [-0.3, -0.25) is 9.79 Å². The van der Waals surface area contributed by atoms with Gasteiger partial charge in [0.05, 0.1) is 0 Å². The van der Waals surface area contributed by atoms with Crippen LogP contribution in [0.25, 0.3) is 0 Å². The number of rotatable bonds is 5. The summed E-state index contributed by atoms with van der Waals surface area (Å²) in [5.41, 5.74) is 0. The summed E-state index contributed by atoms with van der Waals surface area (Å²) in [5.74, 6) is 2.96. The van der Waals surface area contributed by atoms with Gasteiger partial charge < -0.3 is 15.5 Å². The number of guanidine groups is 1. The molecule has 0 aromatic carbocycles. The molecular weight excluding hydrogens is 435 g/mol. The van der Waals surface area contributed by atoms with Crippen LogP contribution in [0.3, 0.4) is 0 Å². The molecule has 0 aromatic heterocycles. The van der Waals surface area contributed by atoms with Gasteiger partial charge in [0.1, 0.15) is 0 Å². The zero-order valence-corrected chi connectivity index (χ0v) is 18.4. The van der Waals surface area contributed by atoms with E-state index in [-0.39, 0.29) is 29.9 Å². The summed E-state index contributed by atoms with van der Waals surface area (Å²) in [5, 5.41) is 6.68. The van der Waals surface area contributed by atoms with E-state index < -0.39 is 0 Å². The molecule has 2 atom stereocenters. The molecule has 2 rings (SSSR count). The number of carbonyl (C=O) groups excluding carboxylic acids is 1. The van der Waals surface area contributed by atoms with E-state index in [1.54, 1.807) is 7.05 Å².